The Hall–Kier alpha value is -1.06. The fourth-order valence-corrected chi connectivity index (χ4v) is 4.56. The van der Waals surface area contributed by atoms with Gasteiger partial charge in [-0.2, -0.15) is 0 Å². The Morgan fingerprint density at radius 1 is 1.23 bits per heavy atom. The third-order valence-corrected chi connectivity index (χ3v) is 5.71. The first kappa shape index (κ1) is 15.8. The highest BCUT2D eigenvalue weighted by Crippen LogP contribution is 2.41. The number of rotatable bonds is 6. The van der Waals surface area contributed by atoms with E-state index in [0.717, 1.165) is 12.4 Å². The molecule has 0 bridgehead atoms. The Balaban J connectivity index is 1.77. The molecule has 0 saturated carbocycles. The minimum absolute atomic E-state index is 0.702. The molecule has 0 spiro atoms. The Labute approximate surface area is 138 Å². The molecular weight excluding hydrogens is 290 g/mol. The molecule has 0 amide bonds. The van der Waals surface area contributed by atoms with Crippen molar-refractivity contribution in [2.24, 2.45) is 0 Å². The number of piperidine rings is 1. The first-order valence-electron chi connectivity index (χ1n) is 8.68. The van der Waals surface area contributed by atoms with E-state index in [1.807, 2.05) is 11.3 Å². The smallest absolute Gasteiger partial charge is 0.128 e. The maximum absolute atomic E-state index is 5.88. The van der Waals surface area contributed by atoms with Crippen LogP contribution in [0.15, 0.2) is 23.6 Å². The van der Waals surface area contributed by atoms with Gasteiger partial charge in [0.2, 0.25) is 0 Å². The van der Waals surface area contributed by atoms with E-state index in [0.29, 0.717) is 5.92 Å². The lowest BCUT2D eigenvalue weighted by Gasteiger charge is -2.32. The van der Waals surface area contributed by atoms with Gasteiger partial charge >= 0.3 is 0 Å². The highest BCUT2D eigenvalue weighted by atomic mass is 32.1. The van der Waals surface area contributed by atoms with Crippen LogP contribution in [0.4, 0.5) is 0 Å². The summed E-state index contributed by atoms with van der Waals surface area (Å²) >= 11 is 1.87. The lowest BCUT2D eigenvalue weighted by atomic mass is 9.89. The van der Waals surface area contributed by atoms with Gasteiger partial charge in [-0.05, 0) is 74.8 Å². The third-order valence-electron chi connectivity index (χ3n) is 4.74. The van der Waals surface area contributed by atoms with E-state index in [9.17, 15) is 0 Å². The van der Waals surface area contributed by atoms with Gasteiger partial charge in [0.15, 0.2) is 0 Å². The lowest BCUT2D eigenvalue weighted by molar-refractivity contribution is 0.210. The van der Waals surface area contributed by atoms with Crippen molar-refractivity contribution in [1.82, 2.24) is 4.90 Å². The highest BCUT2D eigenvalue weighted by Gasteiger charge is 2.23. The molecule has 0 unspecified atom stereocenters. The molecule has 0 aliphatic carbocycles. The Morgan fingerprint density at radius 3 is 2.77 bits per heavy atom. The fourth-order valence-electron chi connectivity index (χ4n) is 3.51. The Kier molecular flexibility index (Phi) is 5.37. The van der Waals surface area contributed by atoms with Gasteiger partial charge in [0.25, 0.3) is 0 Å². The van der Waals surface area contributed by atoms with Gasteiger partial charge in [0, 0.05) is 10.1 Å². The van der Waals surface area contributed by atoms with Crippen molar-refractivity contribution in [3.8, 4) is 5.75 Å². The zero-order chi connectivity index (χ0) is 15.4. The summed E-state index contributed by atoms with van der Waals surface area (Å²) in [4.78, 5) is 2.64. The molecule has 0 atom stereocenters. The van der Waals surface area contributed by atoms with Crippen molar-refractivity contribution in [2.45, 2.75) is 45.4 Å². The van der Waals surface area contributed by atoms with Crippen LogP contribution in [0.1, 0.15) is 51.0 Å². The molecule has 120 valence electrons. The van der Waals surface area contributed by atoms with E-state index in [1.54, 1.807) is 0 Å². The fraction of sp³-hybridized carbons (Fsp3) is 0.579. The van der Waals surface area contributed by atoms with E-state index in [2.05, 4.69) is 42.3 Å². The van der Waals surface area contributed by atoms with Gasteiger partial charge in [-0.15, -0.1) is 11.3 Å². The van der Waals surface area contributed by atoms with E-state index in [-0.39, 0.29) is 0 Å². The second kappa shape index (κ2) is 7.47. The van der Waals surface area contributed by atoms with Crippen LogP contribution in [0.25, 0.3) is 10.1 Å². The summed E-state index contributed by atoms with van der Waals surface area (Å²) in [6, 6.07) is 6.46. The van der Waals surface area contributed by atoms with Crippen molar-refractivity contribution >= 4 is 21.4 Å². The van der Waals surface area contributed by atoms with Crippen molar-refractivity contribution in [1.29, 1.82) is 0 Å². The number of hydrogen-bond donors (Lipinski definition) is 0. The van der Waals surface area contributed by atoms with Crippen LogP contribution in [-0.4, -0.2) is 31.1 Å². The molecule has 1 aromatic carbocycles. The number of likely N-dealkylation sites (tertiary alicyclic amines) is 1. The molecule has 0 N–H and O–H groups in total. The number of unbranched alkanes of at least 4 members (excludes halogenated alkanes) is 1. The first-order valence-corrected chi connectivity index (χ1v) is 9.56. The maximum atomic E-state index is 5.88. The van der Waals surface area contributed by atoms with Gasteiger partial charge < -0.3 is 9.64 Å². The molecule has 2 aromatic rings. The van der Waals surface area contributed by atoms with Crippen LogP contribution >= 0.6 is 11.3 Å². The van der Waals surface area contributed by atoms with Crippen molar-refractivity contribution in [2.75, 3.05) is 26.2 Å². The molecule has 3 rings (SSSR count). The van der Waals surface area contributed by atoms with Crippen molar-refractivity contribution in [3.63, 3.8) is 0 Å². The molecule has 2 nitrogen and oxygen atoms in total. The molecule has 1 fully saturated rings. The van der Waals surface area contributed by atoms with Gasteiger partial charge in [0.1, 0.15) is 5.75 Å². The van der Waals surface area contributed by atoms with E-state index in [4.69, 9.17) is 4.74 Å². The van der Waals surface area contributed by atoms with E-state index in [1.165, 1.54) is 61.0 Å². The van der Waals surface area contributed by atoms with Crippen LogP contribution in [0.2, 0.25) is 0 Å². The molecule has 1 saturated heterocycles. The van der Waals surface area contributed by atoms with Gasteiger partial charge in [-0.25, -0.2) is 0 Å². The maximum Gasteiger partial charge on any atom is 0.128 e. The summed E-state index contributed by atoms with van der Waals surface area (Å²) in [6.45, 7) is 8.86. The summed E-state index contributed by atoms with van der Waals surface area (Å²) in [6.07, 6.45) is 5.21. The quantitative estimate of drug-likeness (QED) is 0.718. The molecule has 2 heterocycles. The van der Waals surface area contributed by atoms with Crippen LogP contribution in [-0.2, 0) is 0 Å². The summed E-state index contributed by atoms with van der Waals surface area (Å²) in [7, 11) is 0. The Morgan fingerprint density at radius 2 is 2.05 bits per heavy atom. The number of hydrogen-bond acceptors (Lipinski definition) is 3. The summed E-state index contributed by atoms with van der Waals surface area (Å²) in [5.74, 6) is 1.78. The SMILES string of the molecule is CCCCN1CCC(c2csc3cccc(OCC)c23)CC1. The Bertz CT molecular complexity index is 599. The average molecular weight is 317 g/mol. The molecule has 1 aliphatic heterocycles. The monoisotopic (exact) mass is 317 g/mol. The molecule has 0 radical (unpaired) electrons. The topological polar surface area (TPSA) is 12.5 Å². The lowest BCUT2D eigenvalue weighted by Crippen LogP contribution is -2.33. The minimum atomic E-state index is 0.702. The zero-order valence-corrected chi connectivity index (χ0v) is 14.6. The number of benzene rings is 1. The number of ether oxygens (including phenoxy) is 1. The van der Waals surface area contributed by atoms with Crippen LogP contribution in [0, 0.1) is 0 Å². The first-order chi connectivity index (χ1) is 10.8. The van der Waals surface area contributed by atoms with Crippen molar-refractivity contribution in [3.05, 3.63) is 29.1 Å². The number of fused-ring (bicyclic) bond motifs is 1. The minimum Gasteiger partial charge on any atom is -0.493 e. The molecule has 3 heteroatoms. The molecule has 1 aliphatic rings. The van der Waals surface area contributed by atoms with E-state index < -0.39 is 0 Å². The van der Waals surface area contributed by atoms with Crippen LogP contribution in [0.5, 0.6) is 5.75 Å². The van der Waals surface area contributed by atoms with Crippen LogP contribution in [0.3, 0.4) is 0 Å². The largest absolute Gasteiger partial charge is 0.493 e. The normalized spacial score (nSPS) is 17.2. The van der Waals surface area contributed by atoms with Gasteiger partial charge in [-0.3, -0.25) is 0 Å². The predicted molar refractivity (Wildman–Crippen MR) is 96.3 cm³/mol. The summed E-state index contributed by atoms with van der Waals surface area (Å²) in [5.41, 5.74) is 1.53. The molecule has 22 heavy (non-hydrogen) atoms. The predicted octanol–water partition coefficient (Wildman–Crippen LogP) is 5.28. The second-order valence-electron chi connectivity index (χ2n) is 6.22. The molecular formula is C19H27NOS. The number of thiophene rings is 1. The molecule has 1 aromatic heterocycles. The standard InChI is InChI=1S/C19H27NOS/c1-3-5-11-20-12-9-15(10-13-20)16-14-22-18-8-6-7-17(19(16)18)21-4-2/h6-8,14-15H,3-5,9-13H2,1-2H3. The number of nitrogens with zero attached hydrogens (tertiary/aromatic N) is 1. The van der Waals surface area contributed by atoms with E-state index >= 15 is 0 Å². The second-order valence-corrected chi connectivity index (χ2v) is 7.13. The average Bonchev–Trinajstić information content (AvgIpc) is 2.99. The highest BCUT2D eigenvalue weighted by molar-refractivity contribution is 7.17. The van der Waals surface area contributed by atoms with Gasteiger partial charge in [0.05, 0.1) is 6.61 Å². The van der Waals surface area contributed by atoms with Crippen LogP contribution < -0.4 is 4.74 Å². The zero-order valence-electron chi connectivity index (χ0n) is 13.8. The van der Waals surface area contributed by atoms with Crippen molar-refractivity contribution < 1.29 is 4.74 Å². The summed E-state index contributed by atoms with van der Waals surface area (Å²) < 4.78 is 7.25. The van der Waals surface area contributed by atoms with Gasteiger partial charge in [-0.1, -0.05) is 19.4 Å². The third kappa shape index (κ3) is 3.31. The summed E-state index contributed by atoms with van der Waals surface area (Å²) in [5, 5.41) is 3.75.